The minimum Gasteiger partial charge on any atom is -0.496 e. The number of hydrogen-bond acceptors (Lipinski definition) is 2. The van der Waals surface area contributed by atoms with Gasteiger partial charge >= 0.3 is 0 Å². The number of rotatable bonds is 2. The van der Waals surface area contributed by atoms with Gasteiger partial charge in [0, 0.05) is 16.4 Å². The van der Waals surface area contributed by atoms with Crippen molar-refractivity contribution in [1.29, 1.82) is 0 Å². The summed E-state index contributed by atoms with van der Waals surface area (Å²) in [6.45, 7) is 11.4. The predicted octanol–water partition coefficient (Wildman–Crippen LogP) is 5.31. The summed E-state index contributed by atoms with van der Waals surface area (Å²) in [5.74, 6) is 1.82. The molecule has 0 amide bonds. The fourth-order valence-electron chi connectivity index (χ4n) is 3.81. The highest BCUT2D eigenvalue weighted by Crippen LogP contribution is 2.61. The van der Waals surface area contributed by atoms with Gasteiger partial charge in [0.25, 0.3) is 0 Å². The van der Waals surface area contributed by atoms with Crippen molar-refractivity contribution >= 4 is 0 Å². The molecule has 0 saturated heterocycles. The zero-order valence-electron chi connectivity index (χ0n) is 14.9. The lowest BCUT2D eigenvalue weighted by atomic mass is 9.53. The summed E-state index contributed by atoms with van der Waals surface area (Å²) in [6.07, 6.45) is 0. The Morgan fingerprint density at radius 2 is 1.48 bits per heavy atom. The molecule has 0 radical (unpaired) electrons. The highest BCUT2D eigenvalue weighted by atomic mass is 16.5. The van der Waals surface area contributed by atoms with Gasteiger partial charge in [-0.15, -0.1) is 0 Å². The number of fused-ring (bicyclic) bond motifs is 1. The maximum atomic E-state index is 6.62. The summed E-state index contributed by atoms with van der Waals surface area (Å²) in [4.78, 5) is 0. The molecule has 0 saturated carbocycles. The van der Waals surface area contributed by atoms with Gasteiger partial charge in [-0.05, 0) is 24.6 Å². The van der Waals surface area contributed by atoms with Crippen molar-refractivity contribution < 1.29 is 9.47 Å². The zero-order chi connectivity index (χ0) is 16.9. The van der Waals surface area contributed by atoms with E-state index in [1.54, 1.807) is 7.11 Å². The maximum Gasteiger partial charge on any atom is 0.137 e. The molecule has 1 unspecified atom stereocenters. The first-order valence-corrected chi connectivity index (χ1v) is 8.18. The van der Waals surface area contributed by atoms with Gasteiger partial charge in [0.2, 0.25) is 0 Å². The molecule has 23 heavy (non-hydrogen) atoms. The van der Waals surface area contributed by atoms with E-state index in [9.17, 15) is 0 Å². The summed E-state index contributed by atoms with van der Waals surface area (Å²) in [5, 5.41) is 0. The largest absolute Gasteiger partial charge is 0.496 e. The molecule has 1 atom stereocenters. The Morgan fingerprint density at radius 1 is 0.826 bits per heavy atom. The van der Waals surface area contributed by atoms with E-state index in [1.807, 2.05) is 18.2 Å². The third-order valence-corrected chi connectivity index (χ3v) is 6.23. The van der Waals surface area contributed by atoms with Crippen LogP contribution >= 0.6 is 0 Å². The molecule has 1 aliphatic heterocycles. The van der Waals surface area contributed by atoms with Crippen LogP contribution < -0.4 is 9.47 Å². The van der Waals surface area contributed by atoms with Crippen molar-refractivity contribution in [2.24, 2.45) is 5.41 Å². The zero-order valence-corrected chi connectivity index (χ0v) is 14.9. The third kappa shape index (κ3) is 2.00. The van der Waals surface area contributed by atoms with Crippen molar-refractivity contribution in [2.45, 2.75) is 45.6 Å². The smallest absolute Gasteiger partial charge is 0.137 e. The topological polar surface area (TPSA) is 18.5 Å². The van der Waals surface area contributed by atoms with Gasteiger partial charge in [-0.3, -0.25) is 0 Å². The highest BCUT2D eigenvalue weighted by molar-refractivity contribution is 5.54. The van der Waals surface area contributed by atoms with Crippen LogP contribution in [0.1, 0.15) is 45.7 Å². The van der Waals surface area contributed by atoms with E-state index in [-0.39, 0.29) is 10.8 Å². The molecule has 3 rings (SSSR count). The molecule has 1 aliphatic rings. The van der Waals surface area contributed by atoms with E-state index >= 15 is 0 Å². The molecular weight excluding hydrogens is 284 g/mol. The molecule has 2 nitrogen and oxygen atoms in total. The lowest BCUT2D eigenvalue weighted by molar-refractivity contribution is -0.0944. The lowest BCUT2D eigenvalue weighted by Gasteiger charge is -2.57. The normalized spacial score (nSPS) is 24.4. The Hall–Kier alpha value is -1.96. The molecule has 122 valence electrons. The van der Waals surface area contributed by atoms with Gasteiger partial charge in [-0.1, -0.05) is 64.1 Å². The quantitative estimate of drug-likeness (QED) is 0.748. The van der Waals surface area contributed by atoms with E-state index in [0.29, 0.717) is 0 Å². The van der Waals surface area contributed by atoms with E-state index in [1.165, 1.54) is 5.56 Å². The number of methoxy groups -OCH3 is 1. The van der Waals surface area contributed by atoms with Gasteiger partial charge in [-0.25, -0.2) is 0 Å². The lowest BCUT2D eigenvalue weighted by Crippen LogP contribution is -2.57. The van der Waals surface area contributed by atoms with Gasteiger partial charge in [0.15, 0.2) is 0 Å². The first kappa shape index (κ1) is 15.9. The average molecular weight is 310 g/mol. The van der Waals surface area contributed by atoms with Crippen molar-refractivity contribution in [2.75, 3.05) is 7.11 Å². The van der Waals surface area contributed by atoms with E-state index in [0.717, 1.165) is 17.1 Å². The Kier molecular flexibility index (Phi) is 3.47. The first-order chi connectivity index (χ1) is 10.8. The van der Waals surface area contributed by atoms with Crippen LogP contribution in [0.2, 0.25) is 0 Å². The van der Waals surface area contributed by atoms with E-state index < -0.39 is 5.60 Å². The van der Waals surface area contributed by atoms with E-state index in [2.05, 4.69) is 65.0 Å². The molecule has 0 fully saturated rings. The fraction of sp³-hybridized carbons (Fsp3) is 0.429. The number of ether oxygens (including phenoxy) is 2. The van der Waals surface area contributed by atoms with E-state index in [4.69, 9.17) is 9.47 Å². The van der Waals surface area contributed by atoms with Crippen molar-refractivity contribution in [1.82, 2.24) is 0 Å². The Morgan fingerprint density at radius 3 is 2.09 bits per heavy atom. The van der Waals surface area contributed by atoms with Crippen LogP contribution in [0, 0.1) is 5.41 Å². The van der Waals surface area contributed by atoms with Gasteiger partial charge in [0.1, 0.15) is 17.1 Å². The predicted molar refractivity (Wildman–Crippen MR) is 94.2 cm³/mol. The maximum absolute atomic E-state index is 6.62. The standard InChI is InChI=1S/C21H26O2/c1-19(2)18-16(22-6)13-10-14-17(18)23-21(5,20(19,3)4)15-11-8-7-9-12-15/h7-14H,1-6H3. The van der Waals surface area contributed by atoms with Crippen LogP contribution in [-0.2, 0) is 11.0 Å². The summed E-state index contributed by atoms with van der Waals surface area (Å²) >= 11 is 0. The van der Waals surface area contributed by atoms with Gasteiger partial charge < -0.3 is 9.47 Å². The highest BCUT2D eigenvalue weighted by Gasteiger charge is 2.58. The second-order valence-electron chi connectivity index (χ2n) is 7.58. The number of hydrogen-bond donors (Lipinski definition) is 0. The first-order valence-electron chi connectivity index (χ1n) is 8.18. The average Bonchev–Trinajstić information content (AvgIpc) is 2.53. The van der Waals surface area contributed by atoms with Crippen molar-refractivity contribution in [3.05, 3.63) is 59.7 Å². The van der Waals surface area contributed by atoms with Crippen LogP contribution in [0.3, 0.4) is 0 Å². The monoisotopic (exact) mass is 310 g/mol. The molecule has 2 aromatic rings. The Bertz CT molecular complexity index is 716. The van der Waals surface area contributed by atoms with Crippen LogP contribution in [0.15, 0.2) is 48.5 Å². The SMILES string of the molecule is COc1cccc2c1C(C)(C)C(C)(C)C(C)(c1ccccc1)O2. The molecule has 0 N–H and O–H groups in total. The molecule has 0 aliphatic carbocycles. The molecular formula is C21H26O2. The molecule has 0 spiro atoms. The Balaban J connectivity index is 2.28. The molecule has 0 bridgehead atoms. The molecule has 2 aromatic carbocycles. The number of benzene rings is 2. The van der Waals surface area contributed by atoms with Crippen LogP contribution in [0.25, 0.3) is 0 Å². The van der Waals surface area contributed by atoms with Gasteiger partial charge in [-0.2, -0.15) is 0 Å². The summed E-state index contributed by atoms with van der Waals surface area (Å²) in [7, 11) is 1.73. The van der Waals surface area contributed by atoms with Crippen molar-refractivity contribution in [3.63, 3.8) is 0 Å². The van der Waals surface area contributed by atoms with Crippen LogP contribution in [-0.4, -0.2) is 7.11 Å². The molecule has 0 aromatic heterocycles. The fourth-order valence-corrected chi connectivity index (χ4v) is 3.81. The summed E-state index contributed by atoms with van der Waals surface area (Å²) < 4.78 is 12.3. The minimum absolute atomic E-state index is 0.113. The molecule has 1 heterocycles. The second kappa shape index (κ2) is 5.02. The van der Waals surface area contributed by atoms with Crippen molar-refractivity contribution in [3.8, 4) is 11.5 Å². The summed E-state index contributed by atoms with van der Waals surface area (Å²) in [5.41, 5.74) is 1.69. The van der Waals surface area contributed by atoms with Crippen LogP contribution in [0.4, 0.5) is 0 Å². The van der Waals surface area contributed by atoms with Crippen LogP contribution in [0.5, 0.6) is 11.5 Å². The second-order valence-corrected chi connectivity index (χ2v) is 7.58. The summed E-state index contributed by atoms with van der Waals surface area (Å²) in [6, 6.07) is 16.6. The minimum atomic E-state index is -0.420. The molecule has 2 heteroatoms. The van der Waals surface area contributed by atoms with Gasteiger partial charge in [0.05, 0.1) is 7.11 Å². The third-order valence-electron chi connectivity index (χ3n) is 6.23. The Labute approximate surface area is 139 Å².